The van der Waals surface area contributed by atoms with E-state index in [1.165, 1.54) is 0 Å². The molecule has 33 heavy (non-hydrogen) atoms. The standard InChI is InChI=1S/C25H24N2O6/c1-31-20-11-7-19(8-12-20)27-24(29)17-32-25(30)16-15-23(28)26-18-9-13-22(14-10-18)33-21-5-3-2-4-6-21/h2-14H,15-17H2,1H3,(H,26,28)(H,27,29). The number of hydrogen-bond donors (Lipinski definition) is 2. The molecule has 0 fully saturated rings. The molecule has 0 atom stereocenters. The van der Waals surface area contributed by atoms with E-state index in [9.17, 15) is 14.4 Å². The Hall–Kier alpha value is -4.33. The van der Waals surface area contributed by atoms with Crippen molar-refractivity contribution >= 4 is 29.2 Å². The maximum absolute atomic E-state index is 12.1. The SMILES string of the molecule is COc1ccc(NC(=O)COC(=O)CCC(=O)Nc2ccc(Oc3ccccc3)cc2)cc1. The third-order valence-corrected chi connectivity index (χ3v) is 4.41. The molecule has 0 spiro atoms. The quantitative estimate of drug-likeness (QED) is 0.446. The Morgan fingerprint density at radius 1 is 0.667 bits per heavy atom. The molecule has 0 unspecified atom stereocenters. The van der Waals surface area contributed by atoms with Gasteiger partial charge >= 0.3 is 5.97 Å². The third-order valence-electron chi connectivity index (χ3n) is 4.41. The topological polar surface area (TPSA) is 103 Å². The predicted octanol–water partition coefficient (Wildman–Crippen LogP) is 4.39. The molecule has 0 aliphatic carbocycles. The van der Waals surface area contributed by atoms with Gasteiger partial charge in [-0.05, 0) is 60.7 Å². The van der Waals surface area contributed by atoms with E-state index in [1.54, 1.807) is 55.6 Å². The first-order chi connectivity index (χ1) is 16.0. The summed E-state index contributed by atoms with van der Waals surface area (Å²) in [4.78, 5) is 35.8. The van der Waals surface area contributed by atoms with Crippen LogP contribution in [0.25, 0.3) is 0 Å². The van der Waals surface area contributed by atoms with E-state index >= 15 is 0 Å². The van der Waals surface area contributed by atoms with Gasteiger partial charge in [-0.15, -0.1) is 0 Å². The van der Waals surface area contributed by atoms with Crippen LogP contribution < -0.4 is 20.1 Å². The number of carbonyl (C=O) groups excluding carboxylic acids is 3. The summed E-state index contributed by atoms with van der Waals surface area (Å²) in [7, 11) is 1.55. The van der Waals surface area contributed by atoms with Crippen LogP contribution in [0.2, 0.25) is 0 Å². The third kappa shape index (κ3) is 8.02. The van der Waals surface area contributed by atoms with Crippen LogP contribution in [0.5, 0.6) is 17.2 Å². The van der Waals surface area contributed by atoms with E-state index in [1.807, 2.05) is 30.3 Å². The van der Waals surface area contributed by atoms with Crippen molar-refractivity contribution in [3.8, 4) is 17.2 Å². The number of esters is 1. The molecule has 0 heterocycles. The van der Waals surface area contributed by atoms with Crippen LogP contribution >= 0.6 is 0 Å². The van der Waals surface area contributed by atoms with Crippen molar-refractivity contribution in [2.75, 3.05) is 24.4 Å². The number of amides is 2. The lowest BCUT2D eigenvalue weighted by atomic mass is 10.2. The van der Waals surface area contributed by atoms with Crippen molar-refractivity contribution < 1.29 is 28.6 Å². The Balaban J connectivity index is 1.35. The summed E-state index contributed by atoms with van der Waals surface area (Å²) in [6, 6.07) is 23.0. The van der Waals surface area contributed by atoms with E-state index in [2.05, 4.69) is 10.6 Å². The average Bonchev–Trinajstić information content (AvgIpc) is 2.84. The van der Waals surface area contributed by atoms with Crippen LogP contribution in [0.3, 0.4) is 0 Å². The minimum absolute atomic E-state index is 0.0683. The van der Waals surface area contributed by atoms with Gasteiger partial charge in [0, 0.05) is 17.8 Å². The summed E-state index contributed by atoms with van der Waals surface area (Å²) in [6.45, 7) is -0.435. The van der Waals surface area contributed by atoms with Gasteiger partial charge < -0.3 is 24.8 Å². The number of ether oxygens (including phenoxy) is 3. The average molecular weight is 448 g/mol. The first-order valence-electron chi connectivity index (χ1n) is 10.2. The summed E-state index contributed by atoms with van der Waals surface area (Å²) >= 11 is 0. The van der Waals surface area contributed by atoms with Crippen molar-refractivity contribution in [1.82, 2.24) is 0 Å². The van der Waals surface area contributed by atoms with Gasteiger partial charge in [0.15, 0.2) is 6.61 Å². The second kappa shape index (κ2) is 11.9. The minimum atomic E-state index is -0.637. The molecule has 3 aromatic carbocycles. The van der Waals surface area contributed by atoms with E-state index in [4.69, 9.17) is 14.2 Å². The summed E-state index contributed by atoms with van der Waals surface area (Å²) in [6.07, 6.45) is -0.210. The molecule has 0 aliphatic heterocycles. The molecule has 0 aliphatic rings. The fraction of sp³-hybridized carbons (Fsp3) is 0.160. The summed E-state index contributed by atoms with van der Waals surface area (Å²) in [5.41, 5.74) is 1.13. The monoisotopic (exact) mass is 448 g/mol. The molecular formula is C25H24N2O6. The smallest absolute Gasteiger partial charge is 0.306 e. The van der Waals surface area contributed by atoms with Crippen LogP contribution in [-0.2, 0) is 19.1 Å². The second-order valence-corrected chi connectivity index (χ2v) is 6.93. The van der Waals surface area contributed by atoms with Crippen LogP contribution in [-0.4, -0.2) is 31.5 Å². The zero-order valence-electron chi connectivity index (χ0n) is 18.1. The van der Waals surface area contributed by atoms with Crippen molar-refractivity contribution in [1.29, 1.82) is 0 Å². The van der Waals surface area contributed by atoms with Crippen LogP contribution in [0, 0.1) is 0 Å². The molecule has 2 amide bonds. The van der Waals surface area contributed by atoms with Gasteiger partial charge in [-0.2, -0.15) is 0 Å². The fourth-order valence-corrected chi connectivity index (χ4v) is 2.76. The second-order valence-electron chi connectivity index (χ2n) is 6.93. The van der Waals surface area contributed by atoms with Crippen molar-refractivity contribution in [2.24, 2.45) is 0 Å². The van der Waals surface area contributed by atoms with Gasteiger partial charge in [-0.1, -0.05) is 18.2 Å². The highest BCUT2D eigenvalue weighted by Crippen LogP contribution is 2.22. The lowest BCUT2D eigenvalue weighted by molar-refractivity contribution is -0.147. The summed E-state index contributed by atoms with van der Waals surface area (Å²) < 4.78 is 15.7. The van der Waals surface area contributed by atoms with Gasteiger partial charge in [0.05, 0.1) is 13.5 Å². The highest BCUT2D eigenvalue weighted by molar-refractivity contribution is 5.94. The van der Waals surface area contributed by atoms with Crippen LogP contribution in [0.4, 0.5) is 11.4 Å². The Bertz CT molecular complexity index is 1070. The van der Waals surface area contributed by atoms with Crippen LogP contribution in [0.15, 0.2) is 78.9 Å². The Labute approximate surface area is 191 Å². The Kier molecular flexibility index (Phi) is 8.41. The highest BCUT2D eigenvalue weighted by atomic mass is 16.5. The van der Waals surface area contributed by atoms with E-state index in [-0.39, 0.29) is 18.7 Å². The lowest BCUT2D eigenvalue weighted by Crippen LogP contribution is -2.21. The number of carbonyl (C=O) groups is 3. The maximum Gasteiger partial charge on any atom is 0.306 e. The molecule has 0 aromatic heterocycles. The summed E-state index contributed by atoms with van der Waals surface area (Å²) in [5, 5.41) is 5.31. The van der Waals surface area contributed by atoms with Gasteiger partial charge in [0.1, 0.15) is 17.2 Å². The number of rotatable bonds is 10. The Morgan fingerprint density at radius 2 is 1.21 bits per heavy atom. The molecule has 3 aromatic rings. The number of nitrogens with one attached hydrogen (secondary N) is 2. The molecule has 0 radical (unpaired) electrons. The van der Waals surface area contributed by atoms with Crippen molar-refractivity contribution in [2.45, 2.75) is 12.8 Å². The summed E-state index contributed by atoms with van der Waals surface area (Å²) in [5.74, 6) is 0.555. The molecule has 8 nitrogen and oxygen atoms in total. The molecule has 170 valence electrons. The van der Waals surface area contributed by atoms with Gasteiger partial charge in [0.2, 0.25) is 5.91 Å². The lowest BCUT2D eigenvalue weighted by Gasteiger charge is -2.09. The van der Waals surface area contributed by atoms with Gasteiger partial charge in [-0.25, -0.2) is 0 Å². The molecule has 0 saturated heterocycles. The molecule has 8 heteroatoms. The number of hydrogen-bond acceptors (Lipinski definition) is 6. The zero-order valence-corrected chi connectivity index (χ0v) is 18.1. The molecule has 2 N–H and O–H groups in total. The van der Waals surface area contributed by atoms with Gasteiger partial charge in [0.25, 0.3) is 5.91 Å². The minimum Gasteiger partial charge on any atom is -0.497 e. The zero-order chi connectivity index (χ0) is 23.5. The van der Waals surface area contributed by atoms with Crippen LogP contribution in [0.1, 0.15) is 12.8 Å². The number of benzene rings is 3. The molecule has 0 saturated carbocycles. The first kappa shape index (κ1) is 23.3. The normalized spacial score (nSPS) is 10.1. The number of para-hydroxylation sites is 1. The Morgan fingerprint density at radius 3 is 1.82 bits per heavy atom. The van der Waals surface area contributed by atoms with Crippen molar-refractivity contribution in [3.63, 3.8) is 0 Å². The largest absolute Gasteiger partial charge is 0.497 e. The molecular weight excluding hydrogens is 424 g/mol. The molecule has 3 rings (SSSR count). The number of methoxy groups -OCH3 is 1. The molecule has 0 bridgehead atoms. The van der Waals surface area contributed by atoms with E-state index < -0.39 is 18.5 Å². The fourth-order valence-electron chi connectivity index (χ4n) is 2.76. The van der Waals surface area contributed by atoms with E-state index in [0.717, 1.165) is 0 Å². The maximum atomic E-state index is 12.1. The highest BCUT2D eigenvalue weighted by Gasteiger charge is 2.11. The van der Waals surface area contributed by atoms with E-state index in [0.29, 0.717) is 28.6 Å². The van der Waals surface area contributed by atoms with Gasteiger partial charge in [-0.3, -0.25) is 14.4 Å². The first-order valence-corrected chi connectivity index (χ1v) is 10.2. The predicted molar refractivity (Wildman–Crippen MR) is 123 cm³/mol. The number of anilines is 2. The van der Waals surface area contributed by atoms with Crippen molar-refractivity contribution in [3.05, 3.63) is 78.9 Å².